The third-order valence-electron chi connectivity index (χ3n) is 5.24. The number of carbonyl (C=O) groups is 1. The quantitative estimate of drug-likeness (QED) is 0.518. The summed E-state index contributed by atoms with van der Waals surface area (Å²) in [5.41, 5.74) is 0.0765. The van der Waals surface area contributed by atoms with Crippen LogP contribution in [-0.4, -0.2) is 86.3 Å². The van der Waals surface area contributed by atoms with Crippen LogP contribution in [-0.2, 0) is 14.6 Å². The van der Waals surface area contributed by atoms with Crippen molar-refractivity contribution < 1.29 is 13.2 Å². The molecule has 2 heterocycles. The van der Waals surface area contributed by atoms with E-state index in [1.54, 1.807) is 18.1 Å². The molecule has 0 N–H and O–H groups in total. The van der Waals surface area contributed by atoms with Gasteiger partial charge in [-0.15, -0.1) is 0 Å². The van der Waals surface area contributed by atoms with Crippen LogP contribution in [0.2, 0.25) is 0 Å². The van der Waals surface area contributed by atoms with Gasteiger partial charge in [0.1, 0.15) is 11.6 Å². The number of amides is 1. The largest absolute Gasteiger partial charge is 0.372 e. The number of nitriles is 1. The minimum Gasteiger partial charge on any atom is -0.372 e. The average Bonchev–Trinajstić information content (AvgIpc) is 2.95. The van der Waals surface area contributed by atoms with E-state index in [9.17, 15) is 18.5 Å². The second kappa shape index (κ2) is 8.19. The van der Waals surface area contributed by atoms with Crippen molar-refractivity contribution in [2.45, 2.75) is 38.3 Å². The molecule has 0 aliphatic carbocycles. The Labute approximate surface area is 150 Å². The van der Waals surface area contributed by atoms with Crippen molar-refractivity contribution in [3.05, 3.63) is 11.8 Å². The van der Waals surface area contributed by atoms with Gasteiger partial charge in [0.15, 0.2) is 9.84 Å². The van der Waals surface area contributed by atoms with Crippen molar-refractivity contribution in [1.29, 1.82) is 5.26 Å². The smallest absolute Gasteiger partial charge is 0.265 e. The number of piperidine rings is 1. The highest BCUT2D eigenvalue weighted by atomic mass is 32.2. The van der Waals surface area contributed by atoms with Crippen molar-refractivity contribution >= 4 is 15.7 Å². The van der Waals surface area contributed by atoms with Gasteiger partial charge in [0.2, 0.25) is 0 Å². The van der Waals surface area contributed by atoms with Crippen LogP contribution in [0.5, 0.6) is 0 Å². The van der Waals surface area contributed by atoms with Crippen molar-refractivity contribution in [3.63, 3.8) is 0 Å². The van der Waals surface area contributed by atoms with Gasteiger partial charge in [0.25, 0.3) is 5.91 Å². The summed E-state index contributed by atoms with van der Waals surface area (Å²) in [6, 6.07) is 2.00. The number of nitrogens with zero attached hydrogens (tertiary/aromatic N) is 4. The first kappa shape index (κ1) is 19.7. The zero-order chi connectivity index (χ0) is 18.6. The van der Waals surface area contributed by atoms with Gasteiger partial charge in [-0.1, -0.05) is 0 Å². The van der Waals surface area contributed by atoms with Gasteiger partial charge in [0, 0.05) is 31.9 Å². The van der Waals surface area contributed by atoms with Crippen LogP contribution >= 0.6 is 0 Å². The maximum Gasteiger partial charge on any atom is 0.265 e. The summed E-state index contributed by atoms with van der Waals surface area (Å²) in [7, 11) is 0.807. The van der Waals surface area contributed by atoms with Crippen LogP contribution in [0.15, 0.2) is 11.8 Å². The molecule has 1 unspecified atom stereocenters. The van der Waals surface area contributed by atoms with Crippen LogP contribution in [0.1, 0.15) is 26.2 Å². The zero-order valence-electron chi connectivity index (χ0n) is 15.3. The van der Waals surface area contributed by atoms with E-state index in [0.29, 0.717) is 13.0 Å². The molecule has 0 radical (unpaired) electrons. The van der Waals surface area contributed by atoms with Gasteiger partial charge < -0.3 is 14.7 Å². The second-order valence-corrected chi connectivity index (χ2v) is 9.22. The standard InChI is InChI=1S/C17H28N4O3S/c1-4-21(16-7-10-25(23,24)13-16)12-14(11-18)17(22)20(3)15-5-8-19(2)9-6-15/h12,15-16H,4-10,13H2,1-3H3/b14-12-. The molecule has 0 spiro atoms. The number of hydrogen-bond acceptors (Lipinski definition) is 6. The highest BCUT2D eigenvalue weighted by Gasteiger charge is 2.32. The molecular weight excluding hydrogens is 340 g/mol. The van der Waals surface area contributed by atoms with Gasteiger partial charge >= 0.3 is 0 Å². The van der Waals surface area contributed by atoms with Crippen molar-refractivity contribution in [3.8, 4) is 6.07 Å². The monoisotopic (exact) mass is 368 g/mol. The minimum atomic E-state index is -3.01. The predicted octanol–water partition coefficient (Wildman–Crippen LogP) is 0.455. The summed E-state index contributed by atoms with van der Waals surface area (Å²) in [6.45, 7) is 4.35. The number of likely N-dealkylation sites (N-methyl/N-ethyl adjacent to an activating group) is 1. The van der Waals surface area contributed by atoms with Crippen LogP contribution in [0.25, 0.3) is 0 Å². The van der Waals surface area contributed by atoms with Gasteiger partial charge in [-0.05, 0) is 46.3 Å². The van der Waals surface area contributed by atoms with Gasteiger partial charge in [0.05, 0.1) is 11.5 Å². The van der Waals surface area contributed by atoms with Crippen molar-refractivity contribution in [1.82, 2.24) is 14.7 Å². The Hall–Kier alpha value is -1.59. The molecule has 1 atom stereocenters. The highest BCUT2D eigenvalue weighted by molar-refractivity contribution is 7.91. The van der Waals surface area contributed by atoms with Crippen molar-refractivity contribution in [2.24, 2.45) is 0 Å². The highest BCUT2D eigenvalue weighted by Crippen LogP contribution is 2.20. The lowest BCUT2D eigenvalue weighted by molar-refractivity contribution is -0.128. The minimum absolute atomic E-state index is 0.0765. The summed E-state index contributed by atoms with van der Waals surface area (Å²) in [5, 5.41) is 9.46. The van der Waals surface area contributed by atoms with Crippen LogP contribution in [0.4, 0.5) is 0 Å². The lowest BCUT2D eigenvalue weighted by Gasteiger charge is -2.35. The molecule has 7 nitrogen and oxygen atoms in total. The molecule has 0 aromatic carbocycles. The van der Waals surface area contributed by atoms with Crippen LogP contribution in [0.3, 0.4) is 0 Å². The van der Waals surface area contributed by atoms with E-state index < -0.39 is 9.84 Å². The van der Waals surface area contributed by atoms with Crippen LogP contribution in [0, 0.1) is 11.3 Å². The van der Waals surface area contributed by atoms with Gasteiger partial charge in [-0.3, -0.25) is 4.79 Å². The van der Waals surface area contributed by atoms with E-state index in [2.05, 4.69) is 11.9 Å². The summed E-state index contributed by atoms with van der Waals surface area (Å²) in [6.07, 6.45) is 3.90. The van der Waals surface area contributed by atoms with Gasteiger partial charge in [-0.2, -0.15) is 5.26 Å². The number of likely N-dealkylation sites (tertiary alicyclic amines) is 1. The average molecular weight is 369 g/mol. The first-order valence-corrected chi connectivity index (χ1v) is 10.6. The Kier molecular flexibility index (Phi) is 6.47. The molecule has 2 rings (SSSR count). The van der Waals surface area contributed by atoms with Crippen molar-refractivity contribution in [2.75, 3.05) is 45.2 Å². The molecule has 2 saturated heterocycles. The number of carbonyl (C=O) groups excluding carboxylic acids is 1. The molecule has 2 fully saturated rings. The maximum absolute atomic E-state index is 12.7. The molecule has 0 aromatic rings. The lowest BCUT2D eigenvalue weighted by atomic mass is 10.0. The van der Waals surface area contributed by atoms with E-state index in [4.69, 9.17) is 0 Å². The molecule has 2 aliphatic rings. The Morgan fingerprint density at radius 2 is 1.92 bits per heavy atom. The maximum atomic E-state index is 12.7. The summed E-state index contributed by atoms with van der Waals surface area (Å²) < 4.78 is 23.4. The number of sulfone groups is 1. The molecule has 0 aromatic heterocycles. The van der Waals surface area contributed by atoms with E-state index in [1.165, 1.54) is 0 Å². The van der Waals surface area contributed by atoms with Gasteiger partial charge in [-0.25, -0.2) is 8.42 Å². The summed E-state index contributed by atoms with van der Waals surface area (Å²) >= 11 is 0. The topological polar surface area (TPSA) is 84.7 Å². The Morgan fingerprint density at radius 1 is 1.28 bits per heavy atom. The molecule has 0 bridgehead atoms. The van der Waals surface area contributed by atoms with E-state index in [0.717, 1.165) is 25.9 Å². The fourth-order valence-electron chi connectivity index (χ4n) is 3.53. The lowest BCUT2D eigenvalue weighted by Crippen LogP contribution is -2.45. The molecule has 2 aliphatic heterocycles. The fraction of sp³-hybridized carbons (Fsp3) is 0.765. The summed E-state index contributed by atoms with van der Waals surface area (Å²) in [4.78, 5) is 18.4. The zero-order valence-corrected chi connectivity index (χ0v) is 16.1. The Bertz CT molecular complexity index is 660. The van der Waals surface area contributed by atoms with E-state index >= 15 is 0 Å². The third kappa shape index (κ3) is 4.95. The van der Waals surface area contributed by atoms with E-state index in [1.807, 2.05) is 17.9 Å². The molecule has 25 heavy (non-hydrogen) atoms. The molecular formula is C17H28N4O3S. The molecule has 8 heteroatoms. The van der Waals surface area contributed by atoms with Crippen LogP contribution < -0.4 is 0 Å². The summed E-state index contributed by atoms with van der Waals surface area (Å²) in [5.74, 6) is -0.0149. The normalized spacial score (nSPS) is 24.7. The first-order valence-electron chi connectivity index (χ1n) is 8.81. The second-order valence-electron chi connectivity index (χ2n) is 6.99. The van der Waals surface area contributed by atoms with E-state index in [-0.39, 0.29) is 35.1 Å². The molecule has 0 saturated carbocycles. The predicted molar refractivity (Wildman–Crippen MR) is 96.4 cm³/mol. The number of rotatable bonds is 5. The Morgan fingerprint density at radius 3 is 2.40 bits per heavy atom. The number of hydrogen-bond donors (Lipinski definition) is 0. The fourth-order valence-corrected chi connectivity index (χ4v) is 5.27. The third-order valence-corrected chi connectivity index (χ3v) is 6.99. The molecule has 140 valence electrons. The Balaban J connectivity index is 2.09. The first-order chi connectivity index (χ1) is 11.8. The SMILES string of the molecule is CCN(/C=C(/C#N)C(=O)N(C)C1CCN(C)CC1)C1CCS(=O)(=O)C1. The molecule has 1 amide bonds.